The fourth-order valence-corrected chi connectivity index (χ4v) is 5.38. The van der Waals surface area contributed by atoms with E-state index in [0.717, 1.165) is 12.3 Å². The minimum absolute atomic E-state index is 0.0281. The van der Waals surface area contributed by atoms with Gasteiger partial charge in [0.1, 0.15) is 30.3 Å². The van der Waals surface area contributed by atoms with E-state index in [2.05, 4.69) is 10.1 Å². The van der Waals surface area contributed by atoms with Crippen molar-refractivity contribution in [3.63, 3.8) is 0 Å². The minimum Gasteiger partial charge on any atom is -0.460 e. The van der Waals surface area contributed by atoms with Gasteiger partial charge in [0.05, 0.1) is 11.5 Å². The molecule has 15 nitrogen and oxygen atoms in total. The van der Waals surface area contributed by atoms with Gasteiger partial charge in [-0.2, -0.15) is 18.9 Å². The quantitative estimate of drug-likeness (QED) is 0.115. The second-order valence-corrected chi connectivity index (χ2v) is 11.0. The van der Waals surface area contributed by atoms with Crippen molar-refractivity contribution in [2.24, 2.45) is 0 Å². The molecule has 0 aliphatic carbocycles. The zero-order chi connectivity index (χ0) is 31.4. The molecule has 0 bridgehead atoms. The molecule has 1 fully saturated rings. The van der Waals surface area contributed by atoms with E-state index in [4.69, 9.17) is 24.3 Å². The van der Waals surface area contributed by atoms with Crippen molar-refractivity contribution in [3.8, 4) is 5.75 Å². The highest BCUT2D eigenvalue weighted by atomic mass is 31.2. The number of nitrogens with two attached hydrogens (primary N) is 1. The van der Waals surface area contributed by atoms with Crippen molar-refractivity contribution in [2.45, 2.75) is 43.9 Å². The molecule has 0 spiro atoms. The van der Waals surface area contributed by atoms with Crippen LogP contribution in [-0.4, -0.2) is 56.3 Å². The van der Waals surface area contributed by atoms with Crippen LogP contribution < -0.4 is 21.0 Å². The molecule has 1 aromatic heterocycles. The van der Waals surface area contributed by atoms with Crippen LogP contribution in [-0.2, 0) is 30.0 Å². The van der Waals surface area contributed by atoms with Gasteiger partial charge in [-0.1, -0.05) is 18.2 Å². The number of carbonyl (C=O) groups is 1. The predicted molar refractivity (Wildman–Crippen MR) is 144 cm³/mol. The second kappa shape index (κ2) is 12.9. The molecule has 1 aliphatic rings. The molecule has 5 atom stereocenters. The van der Waals surface area contributed by atoms with Crippen LogP contribution in [0.4, 0.5) is 20.3 Å². The first kappa shape index (κ1) is 31.7. The molecule has 43 heavy (non-hydrogen) atoms. The summed E-state index contributed by atoms with van der Waals surface area (Å²) in [6.07, 6.45) is -5.67. The number of hydrogen-bond donors (Lipinski definition) is 3. The molecular weight excluding hydrogens is 599 g/mol. The first-order chi connectivity index (χ1) is 20.3. The van der Waals surface area contributed by atoms with Crippen LogP contribution in [0.3, 0.4) is 0 Å². The number of halogens is 2. The van der Waals surface area contributed by atoms with E-state index in [0.29, 0.717) is 10.1 Å². The summed E-state index contributed by atoms with van der Waals surface area (Å²) in [5, 5.41) is 23.5. The number of aromatic nitrogens is 2. The van der Waals surface area contributed by atoms with Gasteiger partial charge in [-0.3, -0.25) is 24.0 Å². The Hall–Kier alpha value is -4.28. The number of aliphatic hydroxyl groups excluding tert-OH is 1. The van der Waals surface area contributed by atoms with Crippen LogP contribution in [0.1, 0.15) is 18.7 Å². The maximum absolute atomic E-state index is 14.9. The summed E-state index contributed by atoms with van der Waals surface area (Å²) in [4.78, 5) is 38.4. The topological polar surface area (TPSA) is 207 Å². The number of hydrogen-bond acceptors (Lipinski definition) is 12. The van der Waals surface area contributed by atoms with Gasteiger partial charge in [0.25, 0.3) is 5.69 Å². The van der Waals surface area contributed by atoms with Gasteiger partial charge in [0, 0.05) is 18.3 Å². The Kier molecular flexibility index (Phi) is 9.52. The highest BCUT2D eigenvalue weighted by Gasteiger charge is 2.60. The summed E-state index contributed by atoms with van der Waals surface area (Å²) in [7, 11) is -4.55. The lowest BCUT2D eigenvalue weighted by atomic mass is 10.1. The molecule has 0 radical (unpaired) electrons. The Bertz CT molecular complexity index is 1560. The number of para-hydroxylation sites is 1. The monoisotopic (exact) mass is 625 g/mol. The average molecular weight is 625 g/mol. The number of alkyl halides is 2. The lowest BCUT2D eigenvalue weighted by Crippen LogP contribution is -2.42. The van der Waals surface area contributed by atoms with Crippen LogP contribution in [0, 0.1) is 10.1 Å². The number of nitrogens with zero attached hydrogens (tertiary/aromatic N) is 3. The zero-order valence-corrected chi connectivity index (χ0v) is 23.2. The highest BCUT2D eigenvalue weighted by Crippen LogP contribution is 2.48. The zero-order valence-electron chi connectivity index (χ0n) is 22.3. The molecule has 4 N–H and O–H groups in total. The molecule has 1 saturated heterocycles. The van der Waals surface area contributed by atoms with E-state index >= 15 is 0 Å². The molecule has 230 valence electrons. The summed E-state index contributed by atoms with van der Waals surface area (Å²) in [5.74, 6) is -5.10. The first-order valence-corrected chi connectivity index (χ1v) is 14.1. The van der Waals surface area contributed by atoms with E-state index in [9.17, 15) is 38.2 Å². The van der Waals surface area contributed by atoms with Gasteiger partial charge in [-0.25, -0.2) is 9.36 Å². The van der Waals surface area contributed by atoms with E-state index in [1.807, 2.05) is 0 Å². The molecule has 1 aliphatic heterocycles. The maximum Gasteiger partial charge on any atom is 0.459 e. The number of nitro benzene ring substituents is 1. The third-order valence-corrected chi connectivity index (χ3v) is 7.74. The number of anilines is 1. The molecule has 3 aromatic rings. The summed E-state index contributed by atoms with van der Waals surface area (Å²) in [6.45, 7) is 0.0751. The van der Waals surface area contributed by atoms with Crippen LogP contribution >= 0.6 is 7.75 Å². The molecule has 18 heteroatoms. The molecule has 4 rings (SSSR count). The molecule has 2 unspecified atom stereocenters. The number of non-ortho nitro benzene ring substituents is 1. The Morgan fingerprint density at radius 1 is 1.26 bits per heavy atom. The Morgan fingerprint density at radius 3 is 2.56 bits per heavy atom. The van der Waals surface area contributed by atoms with Crippen molar-refractivity contribution in [3.05, 3.63) is 93.0 Å². The largest absolute Gasteiger partial charge is 0.460 e. The number of benzene rings is 2. The van der Waals surface area contributed by atoms with Crippen LogP contribution in [0.2, 0.25) is 0 Å². The average Bonchev–Trinajstić information content (AvgIpc) is 3.19. The summed E-state index contributed by atoms with van der Waals surface area (Å²) >= 11 is 0. The lowest BCUT2D eigenvalue weighted by molar-refractivity contribution is -0.384. The highest BCUT2D eigenvalue weighted by molar-refractivity contribution is 7.52. The van der Waals surface area contributed by atoms with Gasteiger partial charge in [-0.15, -0.1) is 0 Å². The van der Waals surface area contributed by atoms with Crippen molar-refractivity contribution >= 4 is 25.2 Å². The number of ether oxygens (including phenoxy) is 2. The van der Waals surface area contributed by atoms with E-state index in [-0.39, 0.29) is 23.9 Å². The van der Waals surface area contributed by atoms with E-state index in [1.165, 1.54) is 43.3 Å². The third-order valence-electron chi connectivity index (χ3n) is 6.09. The van der Waals surface area contributed by atoms with Crippen molar-refractivity contribution in [2.75, 3.05) is 12.3 Å². The maximum atomic E-state index is 14.9. The Labute approximate surface area is 241 Å². The Morgan fingerprint density at radius 2 is 1.93 bits per heavy atom. The number of rotatable bonds is 12. The van der Waals surface area contributed by atoms with Crippen molar-refractivity contribution < 1.29 is 46.7 Å². The van der Waals surface area contributed by atoms with Crippen LogP contribution in [0.15, 0.2) is 71.7 Å². The summed E-state index contributed by atoms with van der Waals surface area (Å²) < 4.78 is 65.2. The Balaban J connectivity index is 1.45. The van der Waals surface area contributed by atoms with Gasteiger partial charge in [0.2, 0.25) is 6.23 Å². The van der Waals surface area contributed by atoms with Gasteiger partial charge >= 0.3 is 25.3 Å². The molecule has 2 heterocycles. The number of nitrogen functional groups attached to an aromatic ring is 1. The molecular formula is C25H26F2N5O10P. The predicted octanol–water partition coefficient (Wildman–Crippen LogP) is 2.55. The summed E-state index contributed by atoms with van der Waals surface area (Å²) in [6, 6.07) is 12.6. The van der Waals surface area contributed by atoms with Gasteiger partial charge in [-0.05, 0) is 42.8 Å². The molecule has 0 saturated carbocycles. The fraction of sp³-hybridized carbons (Fsp3) is 0.320. The number of nitrogens with one attached hydrogen (secondary N) is 1. The number of aliphatic hydroxyl groups is 1. The second-order valence-electron chi connectivity index (χ2n) is 9.27. The molecule has 2 aromatic carbocycles. The SMILES string of the molecule is C[C@H](NP(=O)(OC[C@H]1O[C@@H](n2ccc(N)nc2=O)C(F)(F)C1O)Oc1ccccc1)C(=O)OCc1ccc([N+](=O)[O-])cc1. The van der Waals surface area contributed by atoms with Crippen LogP contribution in [0.25, 0.3) is 0 Å². The smallest absolute Gasteiger partial charge is 0.459 e. The first-order valence-electron chi connectivity index (χ1n) is 12.5. The van der Waals surface area contributed by atoms with E-state index in [1.54, 1.807) is 18.2 Å². The lowest BCUT2D eigenvalue weighted by Gasteiger charge is -2.24. The van der Waals surface area contributed by atoms with Crippen molar-refractivity contribution in [1.29, 1.82) is 0 Å². The number of carbonyl (C=O) groups excluding carboxylic acids is 1. The normalized spacial score (nSPS) is 21.4. The van der Waals surface area contributed by atoms with E-state index < -0.39 is 61.3 Å². The molecule has 0 amide bonds. The number of esters is 1. The minimum atomic E-state index is -4.55. The fourth-order valence-electron chi connectivity index (χ4n) is 3.88. The third kappa shape index (κ3) is 7.57. The van der Waals surface area contributed by atoms with Crippen LogP contribution in [0.5, 0.6) is 5.75 Å². The number of nitro groups is 1. The standard InChI is InChI=1S/C25H26F2N5O10P/c1-15(22(34)39-13-16-7-9-17(10-8-16)32(36)37)30-43(38,42-18-5-3-2-4-6-18)40-14-19-21(33)25(26,27)23(41-19)31-12-11-20(28)29-24(31)35/h2-12,15,19,21,23,33H,13-14H2,1H3,(H,30,38)(H2,28,29,35)/t15-,19+,21?,23+,43?/m0/s1. The van der Waals surface area contributed by atoms with Crippen molar-refractivity contribution in [1.82, 2.24) is 14.6 Å². The van der Waals surface area contributed by atoms with Gasteiger partial charge in [0.15, 0.2) is 6.10 Å². The van der Waals surface area contributed by atoms with Gasteiger partial charge < -0.3 is 24.8 Å². The summed E-state index contributed by atoms with van der Waals surface area (Å²) in [5.41, 5.74) is 4.53.